The molecule has 3 aromatic carbocycles. The maximum Gasteiger partial charge on any atom is 0.337 e. The molecule has 0 unspecified atom stereocenters. The van der Waals surface area contributed by atoms with Gasteiger partial charge in [0.1, 0.15) is 11.3 Å². The normalized spacial score (nSPS) is 14.7. The fraction of sp³-hybridized carbons (Fsp3) is 0.179. The number of nitrogens with zero attached hydrogens (tertiary/aromatic N) is 1. The molecule has 7 nitrogen and oxygen atoms in total. The zero-order valence-corrected chi connectivity index (χ0v) is 20.4. The molecule has 0 saturated carbocycles. The zero-order valence-electron chi connectivity index (χ0n) is 19.6. The van der Waals surface area contributed by atoms with Crippen molar-refractivity contribution in [3.8, 4) is 5.75 Å². The third-order valence-corrected chi connectivity index (χ3v) is 6.61. The molecule has 1 aliphatic rings. The van der Waals surface area contributed by atoms with Gasteiger partial charge < -0.3 is 18.8 Å². The lowest BCUT2D eigenvalue weighted by Crippen LogP contribution is -2.31. The Kier molecular flexibility index (Phi) is 6.24. The SMILES string of the molecule is COC(=O)c1ccc([C@H]2c3c(oc4ccc(Cl)cc4c3=O)C(=O)N2CCc2ccc(OC)cc2)cc1. The summed E-state index contributed by atoms with van der Waals surface area (Å²) in [5, 5.41) is 0.705. The molecule has 0 fully saturated rings. The van der Waals surface area contributed by atoms with Gasteiger partial charge in [-0.25, -0.2) is 4.79 Å². The monoisotopic (exact) mass is 503 g/mol. The fourth-order valence-electron chi connectivity index (χ4n) is 4.53. The second-order valence-corrected chi connectivity index (χ2v) is 8.86. The molecule has 182 valence electrons. The number of carbonyl (C=O) groups is 2. The van der Waals surface area contributed by atoms with Crippen LogP contribution in [0.15, 0.2) is 75.9 Å². The van der Waals surface area contributed by atoms with Crippen LogP contribution in [0.4, 0.5) is 0 Å². The molecule has 8 heteroatoms. The van der Waals surface area contributed by atoms with Crippen molar-refractivity contribution >= 4 is 34.4 Å². The molecule has 0 radical (unpaired) electrons. The van der Waals surface area contributed by atoms with Crippen molar-refractivity contribution in [1.82, 2.24) is 4.90 Å². The molecule has 1 aliphatic heterocycles. The Morgan fingerprint density at radius 1 is 1.00 bits per heavy atom. The molecule has 0 spiro atoms. The minimum Gasteiger partial charge on any atom is -0.497 e. The highest BCUT2D eigenvalue weighted by atomic mass is 35.5. The minimum absolute atomic E-state index is 0.0200. The summed E-state index contributed by atoms with van der Waals surface area (Å²) in [6.45, 7) is 0.343. The fourth-order valence-corrected chi connectivity index (χ4v) is 4.70. The molecule has 5 rings (SSSR count). The highest BCUT2D eigenvalue weighted by Crippen LogP contribution is 2.38. The van der Waals surface area contributed by atoms with E-state index in [1.165, 1.54) is 7.11 Å². The summed E-state index contributed by atoms with van der Waals surface area (Å²) in [6.07, 6.45) is 0.556. The number of benzene rings is 3. The number of ether oxygens (including phenoxy) is 2. The van der Waals surface area contributed by atoms with E-state index in [2.05, 4.69) is 0 Å². The van der Waals surface area contributed by atoms with Crippen molar-refractivity contribution < 1.29 is 23.5 Å². The number of rotatable bonds is 6. The van der Waals surface area contributed by atoms with E-state index in [4.69, 9.17) is 25.5 Å². The first-order chi connectivity index (χ1) is 17.4. The Morgan fingerprint density at radius 2 is 1.72 bits per heavy atom. The predicted molar refractivity (Wildman–Crippen MR) is 135 cm³/mol. The van der Waals surface area contributed by atoms with Crippen LogP contribution in [-0.2, 0) is 11.2 Å². The molecule has 0 aliphatic carbocycles. The summed E-state index contributed by atoms with van der Waals surface area (Å²) in [5.41, 5.74) is 2.31. The number of hydrogen-bond donors (Lipinski definition) is 0. The van der Waals surface area contributed by atoms with Crippen LogP contribution in [0.3, 0.4) is 0 Å². The number of halogens is 1. The Hall–Kier alpha value is -4.10. The maximum absolute atomic E-state index is 13.6. The second kappa shape index (κ2) is 9.51. The van der Waals surface area contributed by atoms with E-state index in [0.29, 0.717) is 40.1 Å². The van der Waals surface area contributed by atoms with Crippen molar-refractivity contribution in [2.24, 2.45) is 0 Å². The molecule has 1 amide bonds. The molecule has 0 saturated heterocycles. The first-order valence-corrected chi connectivity index (χ1v) is 11.7. The van der Waals surface area contributed by atoms with Gasteiger partial charge in [-0.1, -0.05) is 35.9 Å². The molecular weight excluding hydrogens is 482 g/mol. The highest BCUT2D eigenvalue weighted by molar-refractivity contribution is 6.31. The number of amides is 1. The maximum atomic E-state index is 13.6. The third-order valence-electron chi connectivity index (χ3n) is 6.38. The van der Waals surface area contributed by atoms with Gasteiger partial charge in [-0.05, 0) is 60.0 Å². The minimum atomic E-state index is -0.683. The van der Waals surface area contributed by atoms with E-state index in [1.807, 2.05) is 24.3 Å². The largest absolute Gasteiger partial charge is 0.497 e. The summed E-state index contributed by atoms with van der Waals surface area (Å²) in [5.74, 6) is -0.0748. The van der Waals surface area contributed by atoms with Gasteiger partial charge >= 0.3 is 5.97 Å². The first kappa shape index (κ1) is 23.6. The van der Waals surface area contributed by atoms with E-state index >= 15 is 0 Å². The lowest BCUT2D eigenvalue weighted by molar-refractivity contribution is 0.0600. The molecule has 0 N–H and O–H groups in total. The predicted octanol–water partition coefficient (Wildman–Crippen LogP) is 5.03. The van der Waals surface area contributed by atoms with E-state index in [1.54, 1.807) is 54.5 Å². The second-order valence-electron chi connectivity index (χ2n) is 8.43. The lowest BCUT2D eigenvalue weighted by atomic mass is 9.97. The lowest BCUT2D eigenvalue weighted by Gasteiger charge is -2.25. The van der Waals surface area contributed by atoms with Crippen molar-refractivity contribution in [3.63, 3.8) is 0 Å². The van der Waals surface area contributed by atoms with Crippen molar-refractivity contribution in [3.05, 3.63) is 110 Å². The smallest absolute Gasteiger partial charge is 0.337 e. The van der Waals surface area contributed by atoms with Gasteiger partial charge in [0, 0.05) is 11.6 Å². The average Bonchev–Trinajstić information content (AvgIpc) is 3.19. The molecule has 4 aromatic rings. The van der Waals surface area contributed by atoms with Gasteiger partial charge in [-0.2, -0.15) is 0 Å². The number of esters is 1. The average molecular weight is 504 g/mol. The van der Waals surface area contributed by atoms with Gasteiger partial charge in [-0.3, -0.25) is 9.59 Å². The van der Waals surface area contributed by atoms with Crippen LogP contribution in [0.1, 0.15) is 43.6 Å². The van der Waals surface area contributed by atoms with Crippen LogP contribution in [0, 0.1) is 0 Å². The molecule has 1 atom stereocenters. The van der Waals surface area contributed by atoms with Crippen molar-refractivity contribution in [2.45, 2.75) is 12.5 Å². The topological polar surface area (TPSA) is 86.0 Å². The summed E-state index contributed by atoms with van der Waals surface area (Å²) in [4.78, 5) is 40.7. The molecule has 2 heterocycles. The highest BCUT2D eigenvalue weighted by Gasteiger charge is 2.42. The van der Waals surface area contributed by atoms with Crippen molar-refractivity contribution in [1.29, 1.82) is 0 Å². The van der Waals surface area contributed by atoms with Crippen LogP contribution in [-0.4, -0.2) is 37.5 Å². The standard InChI is InChI=1S/C28H22ClNO6/c1-34-20-10-3-16(4-11-20)13-14-30-24(17-5-7-18(8-6-17)28(33)35-2)23-25(31)21-15-19(29)9-12-22(21)36-26(23)27(30)32/h3-12,15,24H,13-14H2,1-2H3/t24-/m0/s1. The Labute approximate surface area is 211 Å². The molecular formula is C28H22ClNO6. The van der Waals surface area contributed by atoms with Crippen LogP contribution in [0.2, 0.25) is 5.02 Å². The third kappa shape index (κ3) is 4.12. The first-order valence-electron chi connectivity index (χ1n) is 11.3. The molecule has 36 heavy (non-hydrogen) atoms. The van der Waals surface area contributed by atoms with E-state index in [0.717, 1.165) is 11.3 Å². The van der Waals surface area contributed by atoms with Gasteiger partial charge in [0.15, 0.2) is 5.43 Å². The van der Waals surface area contributed by atoms with Gasteiger partial charge in [0.25, 0.3) is 5.91 Å². The van der Waals surface area contributed by atoms with Crippen molar-refractivity contribution in [2.75, 3.05) is 20.8 Å². The summed E-state index contributed by atoms with van der Waals surface area (Å²) in [7, 11) is 2.91. The van der Waals surface area contributed by atoms with E-state index in [-0.39, 0.29) is 22.7 Å². The zero-order chi connectivity index (χ0) is 25.4. The van der Waals surface area contributed by atoms with Crippen LogP contribution in [0.25, 0.3) is 11.0 Å². The summed E-state index contributed by atoms with van der Waals surface area (Å²) >= 11 is 6.14. The number of hydrogen-bond acceptors (Lipinski definition) is 6. The molecule has 1 aromatic heterocycles. The van der Waals surface area contributed by atoms with Gasteiger partial charge in [0.2, 0.25) is 5.76 Å². The van der Waals surface area contributed by atoms with Crippen LogP contribution >= 0.6 is 11.6 Å². The Morgan fingerprint density at radius 3 is 2.39 bits per heavy atom. The Balaban J connectivity index is 1.59. The van der Waals surface area contributed by atoms with Crippen LogP contribution < -0.4 is 10.2 Å². The van der Waals surface area contributed by atoms with E-state index < -0.39 is 12.0 Å². The van der Waals surface area contributed by atoms with E-state index in [9.17, 15) is 14.4 Å². The Bertz CT molecular complexity index is 1530. The summed E-state index contributed by atoms with van der Waals surface area (Å²) in [6, 6.07) is 18.3. The number of fused-ring (bicyclic) bond motifs is 2. The van der Waals surface area contributed by atoms with Gasteiger partial charge in [0.05, 0.1) is 36.8 Å². The van der Waals surface area contributed by atoms with Gasteiger partial charge in [-0.15, -0.1) is 0 Å². The number of methoxy groups -OCH3 is 2. The quantitative estimate of drug-likeness (QED) is 0.343. The molecule has 0 bridgehead atoms. The number of carbonyl (C=O) groups excluding carboxylic acids is 2. The summed E-state index contributed by atoms with van der Waals surface area (Å²) < 4.78 is 16.0. The van der Waals surface area contributed by atoms with Crippen LogP contribution in [0.5, 0.6) is 5.75 Å².